The Morgan fingerprint density at radius 3 is 2.05 bits per heavy atom. The molecule has 0 saturated carbocycles. The van der Waals surface area contributed by atoms with Gasteiger partial charge in [0.05, 0.1) is 5.92 Å². The molecule has 106 valence electrons. The van der Waals surface area contributed by atoms with Crippen LogP contribution in [0.15, 0.2) is 30.3 Å². The van der Waals surface area contributed by atoms with Crippen molar-refractivity contribution in [3.8, 4) is 0 Å². The van der Waals surface area contributed by atoms with Crippen molar-refractivity contribution >= 4 is 5.97 Å². The number of benzene rings is 1. The Morgan fingerprint density at radius 2 is 1.63 bits per heavy atom. The fourth-order valence-electron chi connectivity index (χ4n) is 2.67. The molecule has 2 heteroatoms. The Labute approximate surface area is 116 Å². The van der Waals surface area contributed by atoms with Crippen LogP contribution in [0.25, 0.3) is 0 Å². The molecule has 0 bridgehead atoms. The van der Waals surface area contributed by atoms with Crippen molar-refractivity contribution in [2.45, 2.75) is 46.5 Å². The van der Waals surface area contributed by atoms with Gasteiger partial charge in [-0.15, -0.1) is 0 Å². The van der Waals surface area contributed by atoms with E-state index in [9.17, 15) is 9.90 Å². The molecule has 0 aliphatic rings. The van der Waals surface area contributed by atoms with Crippen LogP contribution >= 0.6 is 0 Å². The Morgan fingerprint density at radius 1 is 1.05 bits per heavy atom. The highest BCUT2D eigenvalue weighted by Crippen LogP contribution is 2.33. The Balaban J connectivity index is 2.85. The third kappa shape index (κ3) is 5.06. The number of aliphatic carboxylic acids is 1. The van der Waals surface area contributed by atoms with Gasteiger partial charge in [0.15, 0.2) is 0 Å². The Kier molecular flexibility index (Phi) is 6.07. The summed E-state index contributed by atoms with van der Waals surface area (Å²) < 4.78 is 0. The van der Waals surface area contributed by atoms with Gasteiger partial charge in [-0.05, 0) is 36.2 Å². The Bertz CT molecular complexity index is 382. The van der Waals surface area contributed by atoms with Crippen LogP contribution in [-0.2, 0) is 4.79 Å². The number of hydrogen-bond donors (Lipinski definition) is 1. The van der Waals surface area contributed by atoms with Gasteiger partial charge < -0.3 is 5.11 Å². The van der Waals surface area contributed by atoms with Crippen molar-refractivity contribution in [2.24, 2.45) is 17.8 Å². The van der Waals surface area contributed by atoms with E-state index in [2.05, 4.69) is 39.8 Å². The van der Waals surface area contributed by atoms with Crippen molar-refractivity contribution in [1.29, 1.82) is 0 Å². The summed E-state index contributed by atoms with van der Waals surface area (Å²) in [5, 5.41) is 9.40. The zero-order valence-corrected chi connectivity index (χ0v) is 12.5. The van der Waals surface area contributed by atoms with E-state index in [-0.39, 0.29) is 5.92 Å². The molecule has 0 heterocycles. The number of carbonyl (C=O) groups is 1. The lowest BCUT2D eigenvalue weighted by atomic mass is 9.79. The van der Waals surface area contributed by atoms with E-state index in [1.54, 1.807) is 0 Å². The summed E-state index contributed by atoms with van der Waals surface area (Å²) in [5.74, 6) is 0.296. The quantitative estimate of drug-likeness (QED) is 0.782. The molecule has 1 aromatic carbocycles. The standard InChI is InChI=1S/C17H26O2/c1-12(2)10-15(17(18)19)11-16(13(3)4)14-8-6-5-7-9-14/h5-9,12-13,15-16H,10-11H2,1-4H3,(H,18,19). The summed E-state index contributed by atoms with van der Waals surface area (Å²) in [4.78, 5) is 11.4. The molecule has 0 aliphatic heterocycles. The minimum atomic E-state index is -0.657. The molecule has 19 heavy (non-hydrogen) atoms. The molecule has 2 unspecified atom stereocenters. The number of carboxylic acid groups (broad SMARTS) is 1. The molecule has 1 aromatic rings. The van der Waals surface area contributed by atoms with Gasteiger partial charge in [0.2, 0.25) is 0 Å². The normalized spacial score (nSPS) is 14.6. The first-order valence-electron chi connectivity index (χ1n) is 7.19. The topological polar surface area (TPSA) is 37.3 Å². The third-order valence-corrected chi connectivity index (χ3v) is 3.68. The van der Waals surface area contributed by atoms with E-state index < -0.39 is 5.97 Å². The maximum Gasteiger partial charge on any atom is 0.306 e. The second-order valence-corrected chi connectivity index (χ2v) is 6.16. The Hall–Kier alpha value is -1.31. The first kappa shape index (κ1) is 15.7. The van der Waals surface area contributed by atoms with Gasteiger partial charge in [0.25, 0.3) is 0 Å². The second kappa shape index (κ2) is 7.32. The lowest BCUT2D eigenvalue weighted by molar-refractivity contribution is -0.142. The second-order valence-electron chi connectivity index (χ2n) is 6.16. The summed E-state index contributed by atoms with van der Waals surface area (Å²) in [6.45, 7) is 8.52. The smallest absolute Gasteiger partial charge is 0.306 e. The SMILES string of the molecule is CC(C)CC(CC(c1ccccc1)C(C)C)C(=O)O. The molecule has 2 atom stereocenters. The van der Waals surface area contributed by atoms with Crippen LogP contribution in [0.2, 0.25) is 0 Å². The number of rotatable bonds is 7. The van der Waals surface area contributed by atoms with Gasteiger partial charge in [-0.2, -0.15) is 0 Å². The van der Waals surface area contributed by atoms with Gasteiger partial charge in [0, 0.05) is 0 Å². The molecule has 1 N–H and O–H groups in total. The molecule has 2 nitrogen and oxygen atoms in total. The zero-order chi connectivity index (χ0) is 14.4. The molecule has 0 aliphatic carbocycles. The molecular weight excluding hydrogens is 236 g/mol. The fraction of sp³-hybridized carbons (Fsp3) is 0.588. The van der Waals surface area contributed by atoms with Crippen molar-refractivity contribution in [3.05, 3.63) is 35.9 Å². The molecule has 0 aromatic heterocycles. The largest absolute Gasteiger partial charge is 0.481 e. The average Bonchev–Trinajstić information content (AvgIpc) is 2.34. The summed E-state index contributed by atoms with van der Waals surface area (Å²) in [5.41, 5.74) is 1.26. The monoisotopic (exact) mass is 262 g/mol. The highest BCUT2D eigenvalue weighted by atomic mass is 16.4. The van der Waals surface area contributed by atoms with Crippen LogP contribution in [0.5, 0.6) is 0 Å². The molecule has 1 rings (SSSR count). The average molecular weight is 262 g/mol. The van der Waals surface area contributed by atoms with Crippen LogP contribution < -0.4 is 0 Å². The van der Waals surface area contributed by atoms with Crippen molar-refractivity contribution in [3.63, 3.8) is 0 Å². The van der Waals surface area contributed by atoms with Gasteiger partial charge in [-0.1, -0.05) is 58.0 Å². The molecule has 0 fully saturated rings. The van der Waals surface area contributed by atoms with Crippen LogP contribution in [0, 0.1) is 17.8 Å². The fourth-order valence-corrected chi connectivity index (χ4v) is 2.67. The van der Waals surface area contributed by atoms with E-state index in [0.29, 0.717) is 17.8 Å². The summed E-state index contributed by atoms with van der Waals surface area (Å²) in [6.07, 6.45) is 1.49. The van der Waals surface area contributed by atoms with Gasteiger partial charge in [-0.3, -0.25) is 4.79 Å². The van der Waals surface area contributed by atoms with Gasteiger partial charge >= 0.3 is 5.97 Å². The minimum Gasteiger partial charge on any atom is -0.481 e. The predicted molar refractivity (Wildman–Crippen MR) is 79.2 cm³/mol. The predicted octanol–water partition coefficient (Wildman–Crippen LogP) is 4.56. The van der Waals surface area contributed by atoms with Crippen LogP contribution in [0.1, 0.15) is 52.0 Å². The maximum absolute atomic E-state index is 11.4. The van der Waals surface area contributed by atoms with Crippen molar-refractivity contribution < 1.29 is 9.90 Å². The molecule has 0 saturated heterocycles. The van der Waals surface area contributed by atoms with Crippen molar-refractivity contribution in [1.82, 2.24) is 0 Å². The third-order valence-electron chi connectivity index (χ3n) is 3.68. The van der Waals surface area contributed by atoms with Gasteiger partial charge in [0.1, 0.15) is 0 Å². The van der Waals surface area contributed by atoms with Crippen LogP contribution in [0.4, 0.5) is 0 Å². The van der Waals surface area contributed by atoms with E-state index in [0.717, 1.165) is 12.8 Å². The van der Waals surface area contributed by atoms with Gasteiger partial charge in [-0.25, -0.2) is 0 Å². The molecule has 0 amide bonds. The van der Waals surface area contributed by atoms with E-state index in [4.69, 9.17) is 0 Å². The highest BCUT2D eigenvalue weighted by molar-refractivity contribution is 5.70. The van der Waals surface area contributed by atoms with Crippen molar-refractivity contribution in [2.75, 3.05) is 0 Å². The molecule has 0 radical (unpaired) electrons. The van der Waals surface area contributed by atoms with Crippen LogP contribution in [0.3, 0.4) is 0 Å². The summed E-state index contributed by atoms with van der Waals surface area (Å²) >= 11 is 0. The highest BCUT2D eigenvalue weighted by Gasteiger charge is 2.26. The van der Waals surface area contributed by atoms with E-state index >= 15 is 0 Å². The summed E-state index contributed by atoms with van der Waals surface area (Å²) in [7, 11) is 0. The van der Waals surface area contributed by atoms with Crippen LogP contribution in [-0.4, -0.2) is 11.1 Å². The zero-order valence-electron chi connectivity index (χ0n) is 12.5. The first-order chi connectivity index (χ1) is 8.91. The lowest BCUT2D eigenvalue weighted by Gasteiger charge is -2.25. The van der Waals surface area contributed by atoms with E-state index in [1.807, 2.05) is 18.2 Å². The lowest BCUT2D eigenvalue weighted by Crippen LogP contribution is -2.21. The van der Waals surface area contributed by atoms with E-state index in [1.165, 1.54) is 5.56 Å². The number of hydrogen-bond acceptors (Lipinski definition) is 1. The number of carboxylic acids is 1. The minimum absolute atomic E-state index is 0.243. The maximum atomic E-state index is 11.4. The molecule has 0 spiro atoms. The molecular formula is C17H26O2. The summed E-state index contributed by atoms with van der Waals surface area (Å²) in [6, 6.07) is 10.3. The first-order valence-corrected chi connectivity index (χ1v) is 7.19.